The smallest absolute Gasteiger partial charge is 0.412 e. The van der Waals surface area contributed by atoms with Crippen LogP contribution in [0.2, 0.25) is 0 Å². The topological polar surface area (TPSA) is 84.9 Å². The lowest BCUT2D eigenvalue weighted by atomic mass is 10.2. The Bertz CT molecular complexity index is 884. The second-order valence-electron chi connectivity index (χ2n) is 5.81. The van der Waals surface area contributed by atoms with Crippen LogP contribution in [0.3, 0.4) is 0 Å². The number of benzene rings is 2. The number of hydrogen-bond donors (Lipinski definition) is 1. The lowest BCUT2D eigenvalue weighted by molar-refractivity contribution is 0.155. The van der Waals surface area contributed by atoms with Crippen molar-refractivity contribution in [2.75, 3.05) is 29.0 Å². The fraction of sp³-hybridized carbons (Fsp3) is 0.278. The summed E-state index contributed by atoms with van der Waals surface area (Å²) in [6.07, 6.45) is -0.0232. The number of anilines is 2. The van der Waals surface area contributed by atoms with Gasteiger partial charge in [-0.2, -0.15) is 0 Å². The molecule has 2 aromatic rings. The molecule has 0 bridgehead atoms. The van der Waals surface area contributed by atoms with Gasteiger partial charge in [-0.1, -0.05) is 30.3 Å². The number of methoxy groups -OCH3 is 1. The number of rotatable bonds is 5. The van der Waals surface area contributed by atoms with Crippen LogP contribution in [0.4, 0.5) is 16.2 Å². The monoisotopic (exact) mass is 376 g/mol. The van der Waals surface area contributed by atoms with Crippen molar-refractivity contribution in [2.45, 2.75) is 13.0 Å². The molecule has 2 aromatic carbocycles. The number of amides is 1. The van der Waals surface area contributed by atoms with E-state index < -0.39 is 16.1 Å². The molecular weight excluding hydrogens is 356 g/mol. The fourth-order valence-electron chi connectivity index (χ4n) is 2.74. The Labute approximate surface area is 152 Å². The van der Waals surface area contributed by atoms with E-state index >= 15 is 0 Å². The third-order valence-electron chi connectivity index (χ3n) is 4.02. The average molecular weight is 376 g/mol. The first-order chi connectivity index (χ1) is 12.5. The summed E-state index contributed by atoms with van der Waals surface area (Å²) in [7, 11) is -1.82. The van der Waals surface area contributed by atoms with Crippen molar-refractivity contribution in [3.05, 3.63) is 54.1 Å². The van der Waals surface area contributed by atoms with E-state index in [-0.39, 0.29) is 12.4 Å². The summed E-state index contributed by atoms with van der Waals surface area (Å²) < 4.78 is 35.9. The summed E-state index contributed by atoms with van der Waals surface area (Å²) in [6.45, 7) is 0.594. The summed E-state index contributed by atoms with van der Waals surface area (Å²) in [5.74, 6) is 0.502. The SMILES string of the molecule is COc1cc(N2CCCS2(=O)=O)ccc1NC(=O)OCc1ccccc1. The quantitative estimate of drug-likeness (QED) is 0.867. The van der Waals surface area contributed by atoms with Gasteiger partial charge >= 0.3 is 6.09 Å². The molecule has 1 saturated heterocycles. The van der Waals surface area contributed by atoms with E-state index in [2.05, 4.69) is 5.32 Å². The fourth-order valence-corrected chi connectivity index (χ4v) is 4.29. The molecule has 7 nitrogen and oxygen atoms in total. The largest absolute Gasteiger partial charge is 0.494 e. The van der Waals surface area contributed by atoms with Gasteiger partial charge in [0.05, 0.1) is 24.2 Å². The summed E-state index contributed by atoms with van der Waals surface area (Å²) in [6, 6.07) is 14.2. The second kappa shape index (κ2) is 7.65. The van der Waals surface area contributed by atoms with Gasteiger partial charge in [0.15, 0.2) is 0 Å². The predicted octanol–water partition coefficient (Wildman–Crippen LogP) is 2.98. The molecule has 1 aliphatic heterocycles. The van der Waals surface area contributed by atoms with Crippen molar-refractivity contribution < 1.29 is 22.7 Å². The highest BCUT2D eigenvalue weighted by atomic mass is 32.2. The third-order valence-corrected chi connectivity index (χ3v) is 5.89. The van der Waals surface area contributed by atoms with E-state index in [0.29, 0.717) is 30.1 Å². The molecule has 0 aromatic heterocycles. The summed E-state index contributed by atoms with van der Waals surface area (Å²) >= 11 is 0. The van der Waals surface area contributed by atoms with Crippen molar-refractivity contribution in [3.8, 4) is 5.75 Å². The molecule has 26 heavy (non-hydrogen) atoms. The van der Waals surface area contributed by atoms with Crippen LogP contribution in [0.25, 0.3) is 0 Å². The van der Waals surface area contributed by atoms with Crippen LogP contribution in [0.5, 0.6) is 5.75 Å². The maximum atomic E-state index is 12.0. The minimum absolute atomic E-state index is 0.140. The number of ether oxygens (including phenoxy) is 2. The van der Waals surface area contributed by atoms with Crippen molar-refractivity contribution in [3.63, 3.8) is 0 Å². The molecule has 0 aliphatic carbocycles. The molecule has 1 N–H and O–H groups in total. The average Bonchev–Trinajstić information content (AvgIpc) is 3.00. The van der Waals surface area contributed by atoms with Gasteiger partial charge in [-0.05, 0) is 24.1 Å². The first kappa shape index (κ1) is 18.1. The standard InChI is InChI=1S/C18H20N2O5S/c1-24-17-12-15(20-10-5-11-26(20,22)23)8-9-16(17)19-18(21)25-13-14-6-3-2-4-7-14/h2-4,6-9,12H,5,10-11,13H2,1H3,(H,19,21). The van der Waals surface area contributed by atoms with Crippen LogP contribution in [-0.2, 0) is 21.4 Å². The Morgan fingerprint density at radius 2 is 1.96 bits per heavy atom. The van der Waals surface area contributed by atoms with Gasteiger partial charge in [-0.3, -0.25) is 9.62 Å². The minimum Gasteiger partial charge on any atom is -0.494 e. The molecule has 1 fully saturated rings. The zero-order valence-corrected chi connectivity index (χ0v) is 15.2. The molecule has 8 heteroatoms. The van der Waals surface area contributed by atoms with Crippen LogP contribution in [0, 0.1) is 0 Å². The molecule has 138 valence electrons. The van der Waals surface area contributed by atoms with Crippen molar-refractivity contribution in [2.24, 2.45) is 0 Å². The zero-order valence-electron chi connectivity index (χ0n) is 14.3. The molecule has 0 saturated carbocycles. The molecule has 0 spiro atoms. The van der Waals surface area contributed by atoms with E-state index in [4.69, 9.17) is 9.47 Å². The Balaban J connectivity index is 1.69. The number of carbonyl (C=O) groups is 1. The van der Waals surface area contributed by atoms with E-state index in [0.717, 1.165) is 5.56 Å². The Morgan fingerprint density at radius 3 is 2.62 bits per heavy atom. The van der Waals surface area contributed by atoms with Crippen LogP contribution < -0.4 is 14.4 Å². The molecule has 1 heterocycles. The van der Waals surface area contributed by atoms with Crippen LogP contribution in [0.15, 0.2) is 48.5 Å². The van der Waals surface area contributed by atoms with Crippen molar-refractivity contribution in [1.29, 1.82) is 0 Å². The zero-order chi connectivity index (χ0) is 18.6. The van der Waals surface area contributed by atoms with E-state index in [1.165, 1.54) is 11.4 Å². The first-order valence-electron chi connectivity index (χ1n) is 8.16. The van der Waals surface area contributed by atoms with Gasteiger partial charge in [0.2, 0.25) is 10.0 Å². The number of nitrogens with zero attached hydrogens (tertiary/aromatic N) is 1. The molecule has 3 rings (SSSR count). The molecule has 1 aliphatic rings. The Hall–Kier alpha value is -2.74. The van der Waals surface area contributed by atoms with Crippen molar-refractivity contribution in [1.82, 2.24) is 0 Å². The van der Waals surface area contributed by atoms with Gasteiger partial charge in [0, 0.05) is 12.6 Å². The molecule has 1 amide bonds. The highest BCUT2D eigenvalue weighted by molar-refractivity contribution is 7.93. The van der Waals surface area contributed by atoms with Gasteiger partial charge in [-0.15, -0.1) is 0 Å². The van der Waals surface area contributed by atoms with Crippen LogP contribution in [0.1, 0.15) is 12.0 Å². The van der Waals surface area contributed by atoms with E-state index in [1.807, 2.05) is 30.3 Å². The normalized spacial score (nSPS) is 15.5. The van der Waals surface area contributed by atoms with Gasteiger partial charge in [-0.25, -0.2) is 13.2 Å². The van der Waals surface area contributed by atoms with Gasteiger partial charge in [0.1, 0.15) is 12.4 Å². The van der Waals surface area contributed by atoms with E-state index in [1.54, 1.807) is 18.2 Å². The van der Waals surface area contributed by atoms with Gasteiger partial charge < -0.3 is 9.47 Å². The number of sulfonamides is 1. The first-order valence-corrected chi connectivity index (χ1v) is 9.77. The van der Waals surface area contributed by atoms with Crippen molar-refractivity contribution >= 4 is 27.5 Å². The van der Waals surface area contributed by atoms with Crippen LogP contribution in [-0.4, -0.2) is 33.9 Å². The summed E-state index contributed by atoms with van der Waals surface area (Å²) in [4.78, 5) is 12.0. The van der Waals surface area contributed by atoms with Gasteiger partial charge in [0.25, 0.3) is 0 Å². The molecular formula is C18H20N2O5S. The number of nitrogens with one attached hydrogen (secondary N) is 1. The minimum atomic E-state index is -3.27. The molecule has 0 radical (unpaired) electrons. The number of hydrogen-bond acceptors (Lipinski definition) is 5. The Kier molecular flexibility index (Phi) is 5.32. The van der Waals surface area contributed by atoms with Crippen LogP contribution >= 0.6 is 0 Å². The molecule has 0 atom stereocenters. The highest BCUT2D eigenvalue weighted by Crippen LogP contribution is 2.32. The predicted molar refractivity (Wildman–Crippen MR) is 99.0 cm³/mol. The Morgan fingerprint density at radius 1 is 1.19 bits per heavy atom. The molecule has 0 unspecified atom stereocenters. The maximum Gasteiger partial charge on any atom is 0.412 e. The summed E-state index contributed by atoms with van der Waals surface area (Å²) in [5, 5.41) is 2.62. The van der Waals surface area contributed by atoms with E-state index in [9.17, 15) is 13.2 Å². The summed E-state index contributed by atoms with van der Waals surface area (Å²) in [5.41, 5.74) is 1.80. The number of carbonyl (C=O) groups excluding carboxylic acids is 1. The lowest BCUT2D eigenvalue weighted by Crippen LogP contribution is -2.25. The third kappa shape index (κ3) is 4.08. The second-order valence-corrected chi connectivity index (χ2v) is 7.83. The lowest BCUT2D eigenvalue weighted by Gasteiger charge is -2.19. The highest BCUT2D eigenvalue weighted by Gasteiger charge is 2.29. The maximum absolute atomic E-state index is 12.0.